The van der Waals surface area contributed by atoms with Crippen LogP contribution >= 0.6 is 11.6 Å². The molecule has 0 saturated carbocycles. The summed E-state index contributed by atoms with van der Waals surface area (Å²) in [6.07, 6.45) is 0. The lowest BCUT2D eigenvalue weighted by Crippen LogP contribution is -2.45. The van der Waals surface area contributed by atoms with Crippen molar-refractivity contribution in [3.63, 3.8) is 0 Å². The van der Waals surface area contributed by atoms with Crippen molar-refractivity contribution in [3.05, 3.63) is 29.0 Å². The number of amides is 2. The van der Waals surface area contributed by atoms with Gasteiger partial charge in [0.15, 0.2) is 6.04 Å². The van der Waals surface area contributed by atoms with E-state index in [-0.39, 0.29) is 17.3 Å². The Morgan fingerprint density at radius 1 is 1.53 bits per heavy atom. The first kappa shape index (κ1) is 15.2. The molecule has 1 atom stereocenters. The molecule has 0 saturated heterocycles. The van der Waals surface area contributed by atoms with Crippen LogP contribution in [0.2, 0.25) is 5.02 Å². The van der Waals surface area contributed by atoms with Crippen LogP contribution in [0.5, 0.6) is 0 Å². The number of carboxylic acid groups (broad SMARTS) is 1. The maximum atomic E-state index is 13.1. The summed E-state index contributed by atoms with van der Waals surface area (Å²) in [5.74, 6) is -1.93. The number of carbonyl (C=O) groups is 2. The summed E-state index contributed by atoms with van der Waals surface area (Å²) < 4.78 is 17.8. The van der Waals surface area contributed by atoms with E-state index >= 15 is 0 Å². The molecule has 104 valence electrons. The molecule has 0 heterocycles. The first-order chi connectivity index (χ1) is 8.93. The summed E-state index contributed by atoms with van der Waals surface area (Å²) in [4.78, 5) is 22.3. The highest BCUT2D eigenvalue weighted by molar-refractivity contribution is 6.30. The van der Waals surface area contributed by atoms with E-state index in [4.69, 9.17) is 16.7 Å². The minimum Gasteiger partial charge on any atom is -0.480 e. The fourth-order valence-corrected chi connectivity index (χ4v) is 1.36. The third-order valence-electron chi connectivity index (χ3n) is 2.11. The lowest BCUT2D eigenvalue weighted by Gasteiger charge is -2.14. The third kappa shape index (κ3) is 4.72. The molecule has 0 aliphatic carbocycles. The Labute approximate surface area is 113 Å². The summed E-state index contributed by atoms with van der Waals surface area (Å²) in [7, 11) is 1.31. The molecule has 0 aromatic heterocycles. The molecule has 1 rings (SSSR count). The predicted molar refractivity (Wildman–Crippen MR) is 66.9 cm³/mol. The van der Waals surface area contributed by atoms with Crippen LogP contribution in [-0.4, -0.2) is 36.9 Å². The van der Waals surface area contributed by atoms with Gasteiger partial charge in [0.1, 0.15) is 5.82 Å². The van der Waals surface area contributed by atoms with Crippen LogP contribution in [0.1, 0.15) is 0 Å². The molecule has 0 aliphatic rings. The molecule has 1 aromatic rings. The Kier molecular flexibility index (Phi) is 5.53. The average molecular weight is 291 g/mol. The first-order valence-corrected chi connectivity index (χ1v) is 5.56. The van der Waals surface area contributed by atoms with Gasteiger partial charge < -0.3 is 20.5 Å². The molecule has 6 nitrogen and oxygen atoms in total. The van der Waals surface area contributed by atoms with Gasteiger partial charge in [0.05, 0.1) is 11.6 Å². The lowest BCUT2D eigenvalue weighted by atomic mass is 10.3. The van der Waals surface area contributed by atoms with Gasteiger partial charge in [0.2, 0.25) is 0 Å². The second-order valence-corrected chi connectivity index (χ2v) is 3.98. The third-order valence-corrected chi connectivity index (χ3v) is 2.42. The molecule has 3 N–H and O–H groups in total. The van der Waals surface area contributed by atoms with Gasteiger partial charge in [-0.15, -0.1) is 0 Å². The Morgan fingerprint density at radius 2 is 2.21 bits per heavy atom. The number of aliphatic carboxylic acids is 1. The highest BCUT2D eigenvalue weighted by atomic mass is 35.5. The minimum absolute atomic E-state index is 0.0752. The van der Waals surface area contributed by atoms with Crippen LogP contribution in [0.4, 0.5) is 14.9 Å². The van der Waals surface area contributed by atoms with Gasteiger partial charge in [-0.25, -0.2) is 14.0 Å². The van der Waals surface area contributed by atoms with Gasteiger partial charge in [0.25, 0.3) is 0 Å². The van der Waals surface area contributed by atoms with Gasteiger partial charge in [-0.3, -0.25) is 0 Å². The van der Waals surface area contributed by atoms with Crippen molar-refractivity contribution in [2.75, 3.05) is 19.0 Å². The van der Waals surface area contributed by atoms with Crippen molar-refractivity contribution >= 4 is 29.3 Å². The van der Waals surface area contributed by atoms with Crippen LogP contribution in [0.3, 0.4) is 0 Å². The molecular weight excluding hydrogens is 279 g/mol. The van der Waals surface area contributed by atoms with Crippen molar-refractivity contribution in [1.29, 1.82) is 0 Å². The van der Waals surface area contributed by atoms with Gasteiger partial charge in [-0.05, 0) is 18.2 Å². The Hall–Kier alpha value is -1.86. The lowest BCUT2D eigenvalue weighted by molar-refractivity contribution is -0.140. The normalized spacial score (nSPS) is 11.7. The van der Waals surface area contributed by atoms with E-state index in [0.717, 1.165) is 6.07 Å². The monoisotopic (exact) mass is 290 g/mol. The largest absolute Gasteiger partial charge is 0.480 e. The first-order valence-electron chi connectivity index (χ1n) is 5.18. The number of halogens is 2. The molecule has 0 aliphatic heterocycles. The molecule has 1 unspecified atom stereocenters. The zero-order valence-corrected chi connectivity index (χ0v) is 10.7. The van der Waals surface area contributed by atoms with Crippen LogP contribution < -0.4 is 10.6 Å². The standard InChI is InChI=1S/C11H12ClFN2O4/c1-19-5-9(10(16)17)15-11(18)14-6-2-3-7(12)8(13)4-6/h2-4,9H,5H2,1H3,(H,16,17)(H2,14,15,18). The summed E-state index contributed by atoms with van der Waals surface area (Å²) >= 11 is 5.49. The minimum atomic E-state index is -1.24. The number of hydrogen-bond acceptors (Lipinski definition) is 3. The van der Waals surface area contributed by atoms with E-state index in [1.165, 1.54) is 19.2 Å². The number of carbonyl (C=O) groups excluding carboxylic acids is 1. The van der Waals surface area contributed by atoms with Crippen LogP contribution in [0.15, 0.2) is 18.2 Å². The molecule has 0 fully saturated rings. The van der Waals surface area contributed by atoms with Crippen molar-refractivity contribution in [2.24, 2.45) is 0 Å². The summed E-state index contributed by atoms with van der Waals surface area (Å²) in [6, 6.07) is 1.70. The van der Waals surface area contributed by atoms with E-state index < -0.39 is 23.9 Å². The highest BCUT2D eigenvalue weighted by Crippen LogP contribution is 2.18. The quantitative estimate of drug-likeness (QED) is 0.770. The van der Waals surface area contributed by atoms with Gasteiger partial charge in [-0.1, -0.05) is 11.6 Å². The second-order valence-electron chi connectivity index (χ2n) is 3.57. The van der Waals surface area contributed by atoms with Crippen molar-refractivity contribution < 1.29 is 23.8 Å². The molecule has 8 heteroatoms. The number of carboxylic acids is 1. The molecule has 1 aromatic carbocycles. The Morgan fingerprint density at radius 3 is 2.74 bits per heavy atom. The van der Waals surface area contributed by atoms with Gasteiger partial charge >= 0.3 is 12.0 Å². The number of hydrogen-bond donors (Lipinski definition) is 3. The van der Waals surface area contributed by atoms with Crippen LogP contribution in [0.25, 0.3) is 0 Å². The maximum Gasteiger partial charge on any atom is 0.328 e. The fourth-order valence-electron chi connectivity index (χ4n) is 1.24. The number of anilines is 1. The van der Waals surface area contributed by atoms with Crippen molar-refractivity contribution in [2.45, 2.75) is 6.04 Å². The topological polar surface area (TPSA) is 87.7 Å². The Balaban J connectivity index is 2.63. The van der Waals surface area contributed by atoms with E-state index in [1.807, 2.05) is 0 Å². The van der Waals surface area contributed by atoms with Crippen molar-refractivity contribution in [3.8, 4) is 0 Å². The van der Waals surface area contributed by atoms with E-state index in [9.17, 15) is 14.0 Å². The number of rotatable bonds is 5. The summed E-state index contributed by atoms with van der Waals surface area (Å²) in [5, 5.41) is 13.2. The zero-order valence-electron chi connectivity index (χ0n) is 9.94. The van der Waals surface area contributed by atoms with E-state index in [1.54, 1.807) is 0 Å². The highest BCUT2D eigenvalue weighted by Gasteiger charge is 2.19. The van der Waals surface area contributed by atoms with Crippen molar-refractivity contribution in [1.82, 2.24) is 5.32 Å². The number of urea groups is 1. The van der Waals surface area contributed by atoms with Gasteiger partial charge in [-0.2, -0.15) is 0 Å². The van der Waals surface area contributed by atoms with Crippen LogP contribution in [0, 0.1) is 5.82 Å². The van der Waals surface area contributed by atoms with Gasteiger partial charge in [0, 0.05) is 12.8 Å². The zero-order chi connectivity index (χ0) is 14.4. The number of nitrogens with one attached hydrogen (secondary N) is 2. The van der Waals surface area contributed by atoms with E-state index in [2.05, 4.69) is 15.4 Å². The van der Waals surface area contributed by atoms with E-state index in [0.29, 0.717) is 0 Å². The van der Waals surface area contributed by atoms with Crippen LogP contribution in [-0.2, 0) is 9.53 Å². The smallest absolute Gasteiger partial charge is 0.328 e. The average Bonchev–Trinajstić information content (AvgIpc) is 2.33. The molecule has 0 radical (unpaired) electrons. The SMILES string of the molecule is COCC(NC(=O)Nc1ccc(Cl)c(F)c1)C(=O)O. The molecule has 0 spiro atoms. The number of methoxy groups -OCH3 is 1. The summed E-state index contributed by atoms with van der Waals surface area (Å²) in [6.45, 7) is -0.183. The maximum absolute atomic E-state index is 13.1. The summed E-state index contributed by atoms with van der Waals surface area (Å²) in [5.41, 5.74) is 0.154. The molecular formula is C11H12ClFN2O4. The second kappa shape index (κ2) is 6.91. The number of benzene rings is 1. The molecule has 19 heavy (non-hydrogen) atoms. The molecule has 0 bridgehead atoms. The Bertz CT molecular complexity index is 484. The fraction of sp³-hybridized carbons (Fsp3) is 0.273. The number of ether oxygens (including phenoxy) is 1. The predicted octanol–water partition coefficient (Wildman–Crippen LogP) is 1.70. The molecule has 2 amide bonds.